The van der Waals surface area contributed by atoms with Gasteiger partial charge in [0.2, 0.25) is 6.79 Å². The predicted octanol–water partition coefficient (Wildman–Crippen LogP) is 3.32. The van der Waals surface area contributed by atoms with E-state index in [1.165, 1.54) is 31.2 Å². The van der Waals surface area contributed by atoms with Gasteiger partial charge in [0, 0.05) is 19.6 Å². The maximum atomic E-state index is 5.42. The molecule has 1 fully saturated rings. The van der Waals surface area contributed by atoms with Crippen molar-refractivity contribution < 1.29 is 9.47 Å². The first-order chi connectivity index (χ1) is 11.2. The van der Waals surface area contributed by atoms with Gasteiger partial charge < -0.3 is 20.1 Å². The van der Waals surface area contributed by atoms with Crippen LogP contribution in [0.1, 0.15) is 38.2 Å². The first-order valence-corrected chi connectivity index (χ1v) is 8.60. The fourth-order valence-corrected chi connectivity index (χ4v) is 3.21. The van der Waals surface area contributed by atoms with E-state index in [0.717, 1.165) is 36.3 Å². The number of benzene rings is 1. The topological polar surface area (TPSA) is 54.9 Å². The molecule has 0 amide bonds. The lowest BCUT2D eigenvalue weighted by Crippen LogP contribution is -2.45. The minimum Gasteiger partial charge on any atom is -0.454 e. The van der Waals surface area contributed by atoms with Gasteiger partial charge in [0.05, 0.1) is 0 Å². The maximum absolute atomic E-state index is 5.42. The van der Waals surface area contributed by atoms with Crippen LogP contribution in [-0.4, -0.2) is 32.4 Å². The molecule has 0 spiro atoms. The number of rotatable bonds is 4. The molecule has 1 aliphatic heterocycles. The van der Waals surface area contributed by atoms with Gasteiger partial charge in [-0.3, -0.25) is 4.99 Å². The van der Waals surface area contributed by atoms with Gasteiger partial charge in [-0.15, -0.1) is 24.0 Å². The molecule has 2 aliphatic rings. The van der Waals surface area contributed by atoms with Crippen molar-refractivity contribution in [3.63, 3.8) is 0 Å². The van der Waals surface area contributed by atoms with Crippen LogP contribution in [0.15, 0.2) is 23.2 Å². The van der Waals surface area contributed by atoms with Crippen molar-refractivity contribution in [2.75, 3.05) is 20.4 Å². The third kappa shape index (κ3) is 5.16. The SMILES string of the molecule is CN=C(NCCc1ccc2c(c1)OCO2)NC1CCC(C)CC1.I. The molecular weight excluding hydrogens is 417 g/mol. The molecule has 1 aliphatic carbocycles. The van der Waals surface area contributed by atoms with Crippen molar-refractivity contribution >= 4 is 29.9 Å². The summed E-state index contributed by atoms with van der Waals surface area (Å²) in [6, 6.07) is 6.69. The van der Waals surface area contributed by atoms with Crippen molar-refractivity contribution in [1.29, 1.82) is 0 Å². The van der Waals surface area contributed by atoms with E-state index in [1.807, 2.05) is 13.1 Å². The van der Waals surface area contributed by atoms with Gasteiger partial charge in [0.15, 0.2) is 17.5 Å². The smallest absolute Gasteiger partial charge is 0.231 e. The normalized spacial score (nSPS) is 22.7. The second kappa shape index (κ2) is 9.34. The molecule has 6 heteroatoms. The molecule has 0 aromatic heterocycles. The summed E-state index contributed by atoms with van der Waals surface area (Å²) in [5.41, 5.74) is 1.24. The zero-order valence-corrected chi connectivity index (χ0v) is 16.8. The molecule has 0 bridgehead atoms. The summed E-state index contributed by atoms with van der Waals surface area (Å²) in [4.78, 5) is 4.34. The van der Waals surface area contributed by atoms with Gasteiger partial charge in [-0.25, -0.2) is 0 Å². The monoisotopic (exact) mass is 445 g/mol. The van der Waals surface area contributed by atoms with E-state index < -0.39 is 0 Å². The molecule has 5 nitrogen and oxygen atoms in total. The number of nitrogens with one attached hydrogen (secondary N) is 2. The fraction of sp³-hybridized carbons (Fsp3) is 0.611. The molecule has 0 atom stereocenters. The maximum Gasteiger partial charge on any atom is 0.231 e. The Bertz CT molecular complexity index is 557. The van der Waals surface area contributed by atoms with Crippen molar-refractivity contribution in [1.82, 2.24) is 10.6 Å². The number of hydrogen-bond acceptors (Lipinski definition) is 3. The Labute approximate surface area is 161 Å². The van der Waals surface area contributed by atoms with Crippen molar-refractivity contribution in [2.24, 2.45) is 10.9 Å². The molecule has 1 aromatic carbocycles. The van der Waals surface area contributed by atoms with Crippen molar-refractivity contribution in [3.05, 3.63) is 23.8 Å². The van der Waals surface area contributed by atoms with Crippen LogP contribution >= 0.6 is 24.0 Å². The number of guanidine groups is 1. The summed E-state index contributed by atoms with van der Waals surface area (Å²) in [7, 11) is 1.83. The minimum absolute atomic E-state index is 0. The predicted molar refractivity (Wildman–Crippen MR) is 108 cm³/mol. The lowest BCUT2D eigenvalue weighted by Gasteiger charge is -2.28. The zero-order valence-electron chi connectivity index (χ0n) is 14.5. The second-order valence-electron chi connectivity index (χ2n) is 6.54. The Morgan fingerprint density at radius 2 is 1.92 bits per heavy atom. The van der Waals surface area contributed by atoms with E-state index in [4.69, 9.17) is 9.47 Å². The van der Waals surface area contributed by atoms with E-state index in [1.54, 1.807) is 0 Å². The quantitative estimate of drug-likeness (QED) is 0.424. The number of nitrogens with zero attached hydrogens (tertiary/aromatic N) is 1. The summed E-state index contributed by atoms with van der Waals surface area (Å²) in [5.74, 6) is 3.46. The summed E-state index contributed by atoms with van der Waals surface area (Å²) in [6.07, 6.45) is 6.03. The fourth-order valence-electron chi connectivity index (χ4n) is 3.21. The molecule has 134 valence electrons. The lowest BCUT2D eigenvalue weighted by molar-refractivity contribution is 0.174. The zero-order chi connectivity index (χ0) is 16.1. The molecule has 3 rings (SSSR count). The second-order valence-corrected chi connectivity index (χ2v) is 6.54. The third-order valence-electron chi connectivity index (χ3n) is 4.72. The van der Waals surface area contributed by atoms with Crippen molar-refractivity contribution in [2.45, 2.75) is 45.1 Å². The summed E-state index contributed by atoms with van der Waals surface area (Å²) in [6.45, 7) is 3.52. The summed E-state index contributed by atoms with van der Waals surface area (Å²) in [5, 5.41) is 6.96. The molecule has 2 N–H and O–H groups in total. The highest BCUT2D eigenvalue weighted by molar-refractivity contribution is 14.0. The van der Waals surface area contributed by atoms with E-state index in [9.17, 15) is 0 Å². The van der Waals surface area contributed by atoms with E-state index in [0.29, 0.717) is 12.8 Å². The third-order valence-corrected chi connectivity index (χ3v) is 4.72. The number of ether oxygens (including phenoxy) is 2. The highest BCUT2D eigenvalue weighted by atomic mass is 127. The number of aliphatic imine (C=N–C) groups is 1. The number of fused-ring (bicyclic) bond motifs is 1. The Morgan fingerprint density at radius 3 is 2.67 bits per heavy atom. The van der Waals surface area contributed by atoms with Crippen LogP contribution in [0.25, 0.3) is 0 Å². The van der Waals surface area contributed by atoms with Crippen LogP contribution in [0.4, 0.5) is 0 Å². The number of halogens is 1. The van der Waals surface area contributed by atoms with Gasteiger partial charge in [0.25, 0.3) is 0 Å². The van der Waals surface area contributed by atoms with E-state index >= 15 is 0 Å². The molecular formula is C18H28IN3O2. The van der Waals surface area contributed by atoms with E-state index in [-0.39, 0.29) is 24.0 Å². The van der Waals surface area contributed by atoms with Gasteiger partial charge in [-0.05, 0) is 55.7 Å². The Balaban J connectivity index is 0.00000208. The van der Waals surface area contributed by atoms with E-state index in [2.05, 4.69) is 34.7 Å². The van der Waals surface area contributed by atoms with Gasteiger partial charge in [-0.2, -0.15) is 0 Å². The van der Waals surface area contributed by atoms with Crippen LogP contribution in [0, 0.1) is 5.92 Å². The molecule has 0 saturated heterocycles. The largest absolute Gasteiger partial charge is 0.454 e. The average molecular weight is 445 g/mol. The molecule has 24 heavy (non-hydrogen) atoms. The highest BCUT2D eigenvalue weighted by Crippen LogP contribution is 2.32. The molecule has 1 heterocycles. The molecule has 0 unspecified atom stereocenters. The lowest BCUT2D eigenvalue weighted by atomic mass is 9.87. The van der Waals surface area contributed by atoms with Crippen LogP contribution in [0.2, 0.25) is 0 Å². The molecule has 0 radical (unpaired) electrons. The van der Waals surface area contributed by atoms with Gasteiger partial charge in [0.1, 0.15) is 0 Å². The first-order valence-electron chi connectivity index (χ1n) is 8.60. The Morgan fingerprint density at radius 1 is 1.17 bits per heavy atom. The summed E-state index contributed by atoms with van der Waals surface area (Å²) < 4.78 is 10.8. The van der Waals surface area contributed by atoms with Gasteiger partial charge >= 0.3 is 0 Å². The standard InChI is InChI=1S/C18H27N3O2.HI/c1-13-3-6-15(7-4-13)21-18(19-2)20-10-9-14-5-8-16-17(11-14)23-12-22-16;/h5,8,11,13,15H,3-4,6-7,9-10,12H2,1-2H3,(H2,19,20,21);1H. The first kappa shape index (κ1) is 19.1. The Kier molecular flexibility index (Phi) is 7.45. The Hall–Kier alpha value is -1.18. The molecule has 1 aromatic rings. The number of hydrogen-bond donors (Lipinski definition) is 2. The van der Waals surface area contributed by atoms with Gasteiger partial charge in [-0.1, -0.05) is 13.0 Å². The summed E-state index contributed by atoms with van der Waals surface area (Å²) >= 11 is 0. The average Bonchev–Trinajstić information content (AvgIpc) is 3.03. The van der Waals surface area contributed by atoms with Crippen LogP contribution in [-0.2, 0) is 6.42 Å². The minimum atomic E-state index is 0. The van der Waals surface area contributed by atoms with Crippen LogP contribution in [0.5, 0.6) is 11.5 Å². The van der Waals surface area contributed by atoms with Crippen LogP contribution < -0.4 is 20.1 Å². The molecule has 1 saturated carbocycles. The van der Waals surface area contributed by atoms with Crippen LogP contribution in [0.3, 0.4) is 0 Å². The highest BCUT2D eigenvalue weighted by Gasteiger charge is 2.18. The van der Waals surface area contributed by atoms with Crippen molar-refractivity contribution in [3.8, 4) is 11.5 Å².